The highest BCUT2D eigenvalue weighted by Gasteiger charge is 2.53. The molecule has 704 valence electrons. The molecule has 0 spiro atoms. The standard InChI is InChI=1S/C83H108N16O24S4.2CH4/c1-82(2)72(96(56-124-82)126(112,113)62-12-5-26-84-52-62)76(104)92-64(78(106)107)50-58-16-20-60(21-17-58)98-74-66(14-7-28-90-74)94(80(98)110)54-70(102)88-32-40-122-48-46-120-38-24-68(100)86-30-9-34-116-42-44-118-36-11-37-119-45-43-117-35-10-31-87-69(101)25-39-121-47-49-123-41-33-89-71(103)55-95-67-15-8-29-91-75(67)99(81(95)111)61-22-18-59(19-23-61)51-65(79(108)109)93-77(105)73-83(3,4)125-57-97(73)127(114,115)63-13-6-27-85-53-63;;/h5-8,12-23,26-29,52-53,64-65,72-73H,9-11,24-25,30-51,54-57H2,1-4H3,(H,86,100)(H,87,101)(H,88,102)(H,89,103)(H,92,104)(H,93,105)(H,106,107)(H,108,109);2*1H4/t64-,65-,72+,73+;;/m0../s1. The lowest BCUT2D eigenvalue weighted by atomic mass is 10.0. The lowest BCUT2D eigenvalue weighted by molar-refractivity contribution is -0.142. The van der Waals surface area contributed by atoms with Crippen molar-refractivity contribution in [1.82, 2.24) is 78.7 Å². The minimum Gasteiger partial charge on any atom is -0.480 e. The Labute approximate surface area is 756 Å². The van der Waals surface area contributed by atoms with Gasteiger partial charge in [0.25, 0.3) is 0 Å². The van der Waals surface area contributed by atoms with Gasteiger partial charge in [-0.25, -0.2) is 55.1 Å². The van der Waals surface area contributed by atoms with E-state index in [-0.39, 0.29) is 164 Å². The number of sulfonamides is 2. The molecule has 44 heteroatoms. The lowest BCUT2D eigenvalue weighted by Crippen LogP contribution is -2.56. The minimum absolute atomic E-state index is 0. The van der Waals surface area contributed by atoms with E-state index >= 15 is 0 Å². The molecule has 0 unspecified atom stereocenters. The lowest BCUT2D eigenvalue weighted by Gasteiger charge is -2.30. The summed E-state index contributed by atoms with van der Waals surface area (Å²) in [4.78, 5) is 148. The first-order valence-electron chi connectivity index (χ1n) is 41.2. The maximum absolute atomic E-state index is 13.9. The molecule has 40 nitrogen and oxygen atoms in total. The zero-order valence-corrected chi connectivity index (χ0v) is 74.2. The van der Waals surface area contributed by atoms with Crippen LogP contribution in [0.25, 0.3) is 33.7 Å². The Morgan fingerprint density at radius 1 is 0.434 bits per heavy atom. The van der Waals surface area contributed by atoms with Gasteiger partial charge in [-0.05, 0) is 131 Å². The van der Waals surface area contributed by atoms with Crippen molar-refractivity contribution in [1.29, 1.82) is 0 Å². The molecule has 8 heterocycles. The van der Waals surface area contributed by atoms with Gasteiger partial charge in [-0.15, -0.1) is 23.5 Å². The van der Waals surface area contributed by atoms with Crippen LogP contribution < -0.4 is 43.3 Å². The molecule has 2 aliphatic heterocycles. The maximum atomic E-state index is 13.9. The molecule has 0 saturated carbocycles. The van der Waals surface area contributed by atoms with E-state index < -0.39 is 101 Å². The number of aromatic nitrogens is 8. The highest BCUT2D eigenvalue weighted by atomic mass is 32.2. The zero-order valence-electron chi connectivity index (χ0n) is 70.9. The van der Waals surface area contributed by atoms with Crippen molar-refractivity contribution in [3.63, 3.8) is 0 Å². The topological polar surface area (TPSA) is 503 Å². The van der Waals surface area contributed by atoms with E-state index in [1.807, 2.05) is 0 Å². The predicted molar refractivity (Wildman–Crippen MR) is 480 cm³/mol. The zero-order chi connectivity index (χ0) is 90.9. The Hall–Kier alpha value is -10.5. The second-order valence-corrected chi connectivity index (χ2v) is 37.2. The number of benzene rings is 2. The molecule has 4 atom stereocenters. The van der Waals surface area contributed by atoms with Crippen molar-refractivity contribution < 1.29 is 103 Å². The molecule has 2 fully saturated rings. The van der Waals surface area contributed by atoms with Gasteiger partial charge in [-0.2, -0.15) is 8.61 Å². The van der Waals surface area contributed by atoms with Crippen molar-refractivity contribution in [2.24, 2.45) is 0 Å². The van der Waals surface area contributed by atoms with Crippen LogP contribution in [0.2, 0.25) is 0 Å². The fourth-order valence-corrected chi connectivity index (χ4v) is 20.0. The van der Waals surface area contributed by atoms with Crippen LogP contribution in [-0.4, -0.2) is 299 Å². The monoisotopic (exact) mass is 1870 g/mol. The Kier molecular flexibility index (Phi) is 41.3. The number of carbonyl (C=O) groups is 8. The average Bonchev–Trinajstić information content (AvgIpc) is 1.64. The number of carboxylic acid groups (broad SMARTS) is 2. The number of pyridine rings is 4. The Morgan fingerprint density at radius 3 is 1.12 bits per heavy atom. The SMILES string of the molecule is C.C.CC1(C)SCN(S(=O)(=O)c2cccnc2)[C@@H]1C(=O)N[C@@H](Cc1ccc(-n2c(=O)n(CC(=O)NCCOCCOCCC(=O)NCCCOCCOCCCOCCOCCCNC(=O)CCOCCOCCNC(=O)Cn3c(=O)n(-c4ccc(C[C@H](NC(=O)[C@H]5N(S(=O)(=O)c6cccnc6)CSC5(C)C)C(=O)O)cc4)c4ncccc43)c3cccnc32)cc1)C(=O)O. The summed E-state index contributed by atoms with van der Waals surface area (Å²) in [5.74, 6) is -5.53. The molecule has 6 amide bonds. The van der Waals surface area contributed by atoms with Crippen LogP contribution in [0.4, 0.5) is 0 Å². The van der Waals surface area contributed by atoms with Gasteiger partial charge in [0.15, 0.2) is 11.3 Å². The summed E-state index contributed by atoms with van der Waals surface area (Å²) < 4.78 is 105. The van der Waals surface area contributed by atoms with Crippen LogP contribution in [-0.2, 0) is 122 Å². The normalized spacial score (nSPS) is 15.4. The van der Waals surface area contributed by atoms with Crippen LogP contribution in [0.5, 0.6) is 0 Å². The molecular weight excluding hydrogens is 1760 g/mol. The minimum atomic E-state index is -4.16. The maximum Gasteiger partial charge on any atom is 0.335 e. The summed E-state index contributed by atoms with van der Waals surface area (Å²) in [6.07, 6.45) is 10.1. The van der Waals surface area contributed by atoms with Crippen LogP contribution in [0.15, 0.2) is 154 Å². The largest absolute Gasteiger partial charge is 0.480 e. The molecule has 8 N–H and O–H groups in total. The summed E-state index contributed by atoms with van der Waals surface area (Å²) in [7, 11) is -8.32. The fraction of sp³-hybridized carbons (Fsp3) is 0.506. The van der Waals surface area contributed by atoms with E-state index in [0.29, 0.717) is 119 Å². The number of amides is 6. The number of thioether (sulfide) groups is 2. The van der Waals surface area contributed by atoms with E-state index in [9.17, 15) is 75.0 Å². The number of imidazole rings is 2. The Bertz CT molecular complexity index is 5030. The quantitative estimate of drug-likeness (QED) is 0.0253. The first-order chi connectivity index (χ1) is 61.1. The van der Waals surface area contributed by atoms with Crippen LogP contribution in [0, 0.1) is 0 Å². The number of fused-ring (bicyclic) bond motifs is 2. The molecular formula is C85H116N16O24S4. The van der Waals surface area contributed by atoms with E-state index in [2.05, 4.69) is 51.8 Å². The summed E-state index contributed by atoms with van der Waals surface area (Å²) in [5, 5.41) is 36.7. The first-order valence-corrected chi connectivity index (χ1v) is 46.1. The van der Waals surface area contributed by atoms with Crippen LogP contribution in [0.3, 0.4) is 0 Å². The number of hydrogen-bond donors (Lipinski definition) is 8. The van der Waals surface area contributed by atoms with E-state index in [0.717, 1.165) is 8.61 Å². The number of aliphatic carboxylic acids is 2. The van der Waals surface area contributed by atoms with Crippen molar-refractivity contribution in [2.45, 2.75) is 144 Å². The predicted octanol–water partition coefficient (Wildman–Crippen LogP) is 3.31. The second kappa shape index (κ2) is 51.2. The Morgan fingerprint density at radius 2 is 0.767 bits per heavy atom. The van der Waals surface area contributed by atoms with Gasteiger partial charge in [0.2, 0.25) is 55.5 Å². The molecule has 0 bridgehead atoms. The number of nitrogens with one attached hydrogen (secondary N) is 6. The fourth-order valence-electron chi connectivity index (χ4n) is 13.7. The number of hydrogen-bond acceptors (Lipinski definition) is 28. The third-order valence-corrected chi connectivity index (χ3v) is 26.9. The Balaban J connectivity index is 0.0000103. The van der Waals surface area contributed by atoms with Crippen LogP contribution >= 0.6 is 23.5 Å². The summed E-state index contributed by atoms with van der Waals surface area (Å²) in [6.45, 7) is 12.4. The van der Waals surface area contributed by atoms with Gasteiger partial charge in [-0.1, -0.05) is 39.1 Å². The smallest absolute Gasteiger partial charge is 0.335 e. The van der Waals surface area contributed by atoms with Gasteiger partial charge in [0.05, 0.1) is 113 Å². The highest BCUT2D eigenvalue weighted by Crippen LogP contribution is 2.44. The second-order valence-electron chi connectivity index (χ2n) is 30.2. The van der Waals surface area contributed by atoms with Crippen molar-refractivity contribution in [3.8, 4) is 11.4 Å². The van der Waals surface area contributed by atoms with E-state index in [4.69, 9.17) is 37.9 Å². The van der Waals surface area contributed by atoms with Crippen molar-refractivity contribution in [3.05, 3.63) is 166 Å². The van der Waals surface area contributed by atoms with Gasteiger partial charge in [0, 0.05) is 125 Å². The van der Waals surface area contributed by atoms with E-state index in [1.165, 1.54) is 103 Å². The number of carbonyl (C=O) groups excluding carboxylic acids is 6. The van der Waals surface area contributed by atoms with Gasteiger partial charge in [-0.3, -0.25) is 47.9 Å². The third-order valence-electron chi connectivity index (χ3n) is 20.2. The van der Waals surface area contributed by atoms with Crippen molar-refractivity contribution in [2.75, 3.05) is 144 Å². The van der Waals surface area contributed by atoms with Gasteiger partial charge < -0.3 is 80.0 Å². The molecule has 0 radical (unpaired) electrons. The first kappa shape index (κ1) is 104. The molecule has 2 aliphatic rings. The van der Waals surface area contributed by atoms with Gasteiger partial charge >= 0.3 is 23.3 Å². The third kappa shape index (κ3) is 29.8. The van der Waals surface area contributed by atoms with Crippen LogP contribution in [0.1, 0.15) is 85.8 Å². The molecule has 2 aromatic carbocycles. The summed E-state index contributed by atoms with van der Waals surface area (Å²) in [5.41, 5.74) is 1.96. The van der Waals surface area contributed by atoms with E-state index in [1.54, 1.807) is 100 Å². The summed E-state index contributed by atoms with van der Waals surface area (Å²) in [6, 6.07) is 19.7. The highest BCUT2D eigenvalue weighted by molar-refractivity contribution is 8.02. The number of carboxylic acids is 2. The average molecular weight is 1870 g/mol. The molecule has 2 saturated heterocycles. The molecule has 6 aromatic heterocycles. The number of rotatable bonds is 56. The van der Waals surface area contributed by atoms with Gasteiger partial charge in [0.1, 0.15) is 47.0 Å². The number of ether oxygens (including phenoxy) is 8. The molecule has 129 heavy (non-hydrogen) atoms. The number of nitrogens with zero attached hydrogens (tertiary/aromatic N) is 10. The van der Waals surface area contributed by atoms with Crippen molar-refractivity contribution >= 4 is 113 Å². The molecule has 10 rings (SSSR count). The molecule has 0 aliphatic carbocycles. The summed E-state index contributed by atoms with van der Waals surface area (Å²) >= 11 is 2.50. The molecule has 8 aromatic rings.